The average Bonchev–Trinajstić information content (AvgIpc) is 1.63. The summed E-state index contributed by atoms with van der Waals surface area (Å²) in [6.45, 7) is 1.14. The second-order valence-electron chi connectivity index (χ2n) is 3.16. The van der Waals surface area contributed by atoms with Gasteiger partial charge in [-0.3, -0.25) is 0 Å². The molecule has 0 aromatic rings. The summed E-state index contributed by atoms with van der Waals surface area (Å²) in [6.07, 6.45) is 3.04. The van der Waals surface area contributed by atoms with Gasteiger partial charge in [-0.25, -0.2) is 0 Å². The lowest BCUT2D eigenvalue weighted by molar-refractivity contribution is -0.869. The van der Waals surface area contributed by atoms with Gasteiger partial charge in [0.1, 0.15) is 0 Å². The summed E-state index contributed by atoms with van der Waals surface area (Å²) in [6, 6.07) is 0. The molecular formula is C7H15ClN+. The fourth-order valence-electron chi connectivity index (χ4n) is 0.525. The highest BCUT2D eigenvalue weighted by molar-refractivity contribution is 6.25. The first-order valence-corrected chi connectivity index (χ1v) is 3.55. The number of nitrogens with zero attached hydrogens (tertiary/aromatic N) is 1. The summed E-state index contributed by atoms with van der Waals surface area (Å²) in [5.74, 6) is 0. The molecule has 0 heterocycles. The first-order valence-electron chi connectivity index (χ1n) is 3.12. The topological polar surface area (TPSA) is 0 Å². The normalized spacial score (nSPS) is 12.9. The van der Waals surface area contributed by atoms with Crippen molar-refractivity contribution < 1.29 is 4.48 Å². The Morgan fingerprint density at radius 1 is 1.33 bits per heavy atom. The van der Waals surface area contributed by atoms with Gasteiger partial charge in [-0.1, -0.05) is 17.7 Å². The van der Waals surface area contributed by atoms with E-state index < -0.39 is 0 Å². The highest BCUT2D eigenvalue weighted by Gasteiger charge is 2.02. The van der Waals surface area contributed by atoms with Crippen LogP contribution in [0.3, 0.4) is 0 Å². The molecule has 0 aromatic carbocycles. The molecule has 0 aliphatic rings. The quantitative estimate of drug-likeness (QED) is 0.536. The lowest BCUT2D eigenvalue weighted by atomic mass is 10.4. The van der Waals surface area contributed by atoms with Crippen molar-refractivity contribution >= 4 is 11.6 Å². The molecule has 0 aromatic heterocycles. The zero-order chi connectivity index (χ0) is 7.33. The first kappa shape index (κ1) is 8.99. The summed E-state index contributed by atoms with van der Waals surface area (Å²) in [7, 11) is 6.51. The summed E-state index contributed by atoms with van der Waals surface area (Å²) < 4.78 is 1.00. The van der Waals surface area contributed by atoms with Crippen molar-refractivity contribution in [3.63, 3.8) is 0 Å². The van der Waals surface area contributed by atoms with Crippen LogP contribution < -0.4 is 0 Å². The van der Waals surface area contributed by atoms with Crippen molar-refractivity contribution in [2.45, 2.75) is 6.42 Å². The van der Waals surface area contributed by atoms with Gasteiger partial charge in [0.15, 0.2) is 0 Å². The molecule has 0 unspecified atom stereocenters. The maximum Gasteiger partial charge on any atom is 0.0815 e. The molecule has 0 rings (SSSR count). The molecule has 0 fully saturated rings. The Bertz CT molecular complexity index is 91.6. The molecule has 1 nitrogen and oxygen atoms in total. The van der Waals surface area contributed by atoms with Gasteiger partial charge in [0.2, 0.25) is 0 Å². The van der Waals surface area contributed by atoms with E-state index in [0.717, 1.165) is 17.4 Å². The molecule has 2 heteroatoms. The maximum absolute atomic E-state index is 5.34. The molecule has 0 N–H and O–H groups in total. The van der Waals surface area contributed by atoms with E-state index in [1.807, 2.05) is 6.08 Å². The molecule has 0 radical (unpaired) electrons. The Labute approximate surface area is 62.5 Å². The van der Waals surface area contributed by atoms with E-state index in [9.17, 15) is 0 Å². The summed E-state index contributed by atoms with van der Waals surface area (Å²) >= 11 is 5.34. The molecule has 0 spiro atoms. The van der Waals surface area contributed by atoms with Crippen LogP contribution in [0.25, 0.3) is 0 Å². The van der Waals surface area contributed by atoms with Gasteiger partial charge >= 0.3 is 0 Å². The van der Waals surface area contributed by atoms with Crippen LogP contribution in [0, 0.1) is 0 Å². The van der Waals surface area contributed by atoms with Crippen LogP contribution >= 0.6 is 11.6 Å². The third-order valence-corrected chi connectivity index (χ3v) is 1.23. The zero-order valence-electron chi connectivity index (χ0n) is 6.39. The zero-order valence-corrected chi connectivity index (χ0v) is 7.15. The van der Waals surface area contributed by atoms with Crippen LogP contribution in [0.15, 0.2) is 11.6 Å². The van der Waals surface area contributed by atoms with E-state index in [1.54, 1.807) is 5.54 Å². The lowest BCUT2D eigenvalue weighted by Gasteiger charge is -2.22. The molecule has 0 amide bonds. The van der Waals surface area contributed by atoms with E-state index in [0.29, 0.717) is 0 Å². The molecule has 54 valence electrons. The van der Waals surface area contributed by atoms with Crippen LogP contribution in [-0.4, -0.2) is 32.2 Å². The summed E-state index contributed by atoms with van der Waals surface area (Å²) in [5, 5.41) is 0. The largest absolute Gasteiger partial charge is 0.331 e. The summed E-state index contributed by atoms with van der Waals surface area (Å²) in [5.41, 5.74) is 1.58. The van der Waals surface area contributed by atoms with Crippen molar-refractivity contribution in [1.82, 2.24) is 0 Å². The van der Waals surface area contributed by atoms with E-state index in [-0.39, 0.29) is 0 Å². The standard InChI is InChI=1S/C7H15ClN/c1-9(2,3)7-5-4-6-8/h4,6H,5,7H2,1-3H3/q+1/b6-4+. The van der Waals surface area contributed by atoms with Gasteiger partial charge in [0, 0.05) is 12.0 Å². The van der Waals surface area contributed by atoms with Gasteiger partial charge in [0.05, 0.1) is 27.7 Å². The van der Waals surface area contributed by atoms with Crippen LogP contribution in [0.4, 0.5) is 0 Å². The third kappa shape index (κ3) is 7.99. The first-order chi connectivity index (χ1) is 4.06. The SMILES string of the molecule is C[N+](C)(C)CC/C=C/Cl. The van der Waals surface area contributed by atoms with Crippen molar-refractivity contribution in [2.75, 3.05) is 27.7 Å². The predicted octanol–water partition coefficient (Wildman–Crippen LogP) is 1.84. The van der Waals surface area contributed by atoms with E-state index in [1.165, 1.54) is 0 Å². The smallest absolute Gasteiger partial charge is 0.0815 e. The van der Waals surface area contributed by atoms with Crippen LogP contribution in [0.1, 0.15) is 6.42 Å². The molecule has 0 saturated heterocycles. The number of quaternary nitrogens is 1. The Kier molecular flexibility index (Phi) is 3.91. The summed E-state index contributed by atoms with van der Waals surface area (Å²) in [4.78, 5) is 0. The number of hydrogen-bond acceptors (Lipinski definition) is 0. The minimum absolute atomic E-state index is 1.00. The number of rotatable bonds is 3. The predicted molar refractivity (Wildman–Crippen MR) is 42.5 cm³/mol. The van der Waals surface area contributed by atoms with Crippen LogP contribution in [-0.2, 0) is 0 Å². The van der Waals surface area contributed by atoms with Crippen molar-refractivity contribution in [1.29, 1.82) is 0 Å². The van der Waals surface area contributed by atoms with Crippen LogP contribution in [0.5, 0.6) is 0 Å². The highest BCUT2D eigenvalue weighted by Crippen LogP contribution is 1.94. The molecule has 0 aliphatic heterocycles. The Morgan fingerprint density at radius 3 is 2.22 bits per heavy atom. The van der Waals surface area contributed by atoms with E-state index in [2.05, 4.69) is 21.1 Å². The third-order valence-electron chi connectivity index (χ3n) is 1.06. The lowest BCUT2D eigenvalue weighted by Crippen LogP contribution is -2.34. The molecule has 0 aliphatic carbocycles. The van der Waals surface area contributed by atoms with Gasteiger partial charge in [0.25, 0.3) is 0 Å². The van der Waals surface area contributed by atoms with E-state index in [4.69, 9.17) is 11.6 Å². The Hall–Kier alpha value is -0.0100. The minimum Gasteiger partial charge on any atom is -0.331 e. The molecular weight excluding hydrogens is 134 g/mol. The fourth-order valence-corrected chi connectivity index (χ4v) is 0.651. The fraction of sp³-hybridized carbons (Fsp3) is 0.714. The monoisotopic (exact) mass is 148 g/mol. The van der Waals surface area contributed by atoms with Gasteiger partial charge < -0.3 is 4.48 Å². The highest BCUT2D eigenvalue weighted by atomic mass is 35.5. The van der Waals surface area contributed by atoms with Crippen molar-refractivity contribution in [2.24, 2.45) is 0 Å². The minimum atomic E-state index is 1.00. The molecule has 0 atom stereocenters. The second kappa shape index (κ2) is 3.91. The second-order valence-corrected chi connectivity index (χ2v) is 3.42. The van der Waals surface area contributed by atoms with Gasteiger partial charge in [-0.15, -0.1) is 0 Å². The van der Waals surface area contributed by atoms with Crippen molar-refractivity contribution in [3.05, 3.63) is 11.6 Å². The maximum atomic E-state index is 5.34. The van der Waals surface area contributed by atoms with Crippen LogP contribution in [0.2, 0.25) is 0 Å². The Balaban J connectivity index is 3.28. The molecule has 9 heavy (non-hydrogen) atoms. The number of hydrogen-bond donors (Lipinski definition) is 0. The number of halogens is 1. The average molecular weight is 149 g/mol. The van der Waals surface area contributed by atoms with E-state index >= 15 is 0 Å². The van der Waals surface area contributed by atoms with Crippen molar-refractivity contribution in [3.8, 4) is 0 Å². The molecule has 0 saturated carbocycles. The van der Waals surface area contributed by atoms with Gasteiger partial charge in [-0.05, 0) is 0 Å². The molecule has 0 bridgehead atoms. The van der Waals surface area contributed by atoms with Gasteiger partial charge in [-0.2, -0.15) is 0 Å². The Morgan fingerprint density at radius 2 is 1.89 bits per heavy atom.